The van der Waals surface area contributed by atoms with E-state index < -0.39 is 0 Å². The van der Waals surface area contributed by atoms with Gasteiger partial charge in [-0.1, -0.05) is 18.5 Å². The van der Waals surface area contributed by atoms with Crippen LogP contribution in [0.1, 0.15) is 38.5 Å². The molecule has 0 bridgehead atoms. The molecule has 0 aliphatic carbocycles. The van der Waals surface area contributed by atoms with Crippen molar-refractivity contribution in [3.8, 4) is 11.5 Å². The highest BCUT2D eigenvalue weighted by Crippen LogP contribution is 2.37. The molecule has 102 valence electrons. The van der Waals surface area contributed by atoms with Crippen molar-refractivity contribution in [1.82, 2.24) is 20.4 Å². The van der Waals surface area contributed by atoms with E-state index in [1.807, 2.05) is 5.38 Å². The van der Waals surface area contributed by atoms with Crippen molar-refractivity contribution in [1.29, 1.82) is 0 Å². The van der Waals surface area contributed by atoms with Crippen molar-refractivity contribution in [2.75, 3.05) is 13.1 Å². The fourth-order valence-corrected chi connectivity index (χ4v) is 3.35. The van der Waals surface area contributed by atoms with Crippen LogP contribution in [0.15, 0.2) is 15.4 Å². The van der Waals surface area contributed by atoms with Gasteiger partial charge in [0.2, 0.25) is 11.7 Å². The third-order valence-corrected chi connectivity index (χ3v) is 4.42. The molecule has 0 radical (unpaired) electrons. The first-order valence-electron chi connectivity index (χ1n) is 6.77. The molecular weight excluding hydrogens is 260 g/mol. The summed E-state index contributed by atoms with van der Waals surface area (Å²) >= 11 is 1.55. The number of nitrogens with one attached hydrogen (secondary N) is 1. The van der Waals surface area contributed by atoms with E-state index in [-0.39, 0.29) is 5.41 Å². The minimum Gasteiger partial charge on any atom is -0.338 e. The van der Waals surface area contributed by atoms with Crippen molar-refractivity contribution in [3.63, 3.8) is 0 Å². The molecule has 0 unspecified atom stereocenters. The van der Waals surface area contributed by atoms with E-state index in [1.54, 1.807) is 16.8 Å². The lowest BCUT2D eigenvalue weighted by molar-refractivity contribution is 0.208. The van der Waals surface area contributed by atoms with Crippen LogP contribution in [0, 0.1) is 0 Å². The zero-order valence-corrected chi connectivity index (χ0v) is 11.9. The number of piperidine rings is 1. The molecule has 19 heavy (non-hydrogen) atoms. The lowest BCUT2D eigenvalue weighted by atomic mass is 9.75. The SMILES string of the molecule is CCCC1(c2nc(-c3cscn3)no2)CCNCC1. The molecule has 3 rings (SSSR count). The Labute approximate surface area is 116 Å². The molecule has 2 aromatic heterocycles. The van der Waals surface area contributed by atoms with Crippen LogP contribution in [-0.4, -0.2) is 28.2 Å². The minimum absolute atomic E-state index is 0.0568. The molecule has 1 aliphatic rings. The average Bonchev–Trinajstić information content (AvgIpc) is 3.11. The van der Waals surface area contributed by atoms with E-state index in [4.69, 9.17) is 4.52 Å². The second kappa shape index (κ2) is 5.38. The van der Waals surface area contributed by atoms with Crippen LogP contribution in [0.3, 0.4) is 0 Å². The molecule has 1 saturated heterocycles. The molecule has 1 aliphatic heterocycles. The van der Waals surface area contributed by atoms with Gasteiger partial charge in [0.25, 0.3) is 0 Å². The largest absolute Gasteiger partial charge is 0.338 e. The number of hydrogen-bond donors (Lipinski definition) is 1. The Morgan fingerprint density at radius 3 is 2.95 bits per heavy atom. The highest BCUT2D eigenvalue weighted by Gasteiger charge is 2.38. The second-order valence-electron chi connectivity index (χ2n) is 5.08. The minimum atomic E-state index is 0.0568. The fraction of sp³-hybridized carbons (Fsp3) is 0.615. The van der Waals surface area contributed by atoms with Crippen molar-refractivity contribution in [2.45, 2.75) is 38.0 Å². The summed E-state index contributed by atoms with van der Waals surface area (Å²) in [5.41, 5.74) is 2.65. The molecule has 3 heterocycles. The Morgan fingerprint density at radius 2 is 2.26 bits per heavy atom. The molecule has 1 fully saturated rings. The Morgan fingerprint density at radius 1 is 1.42 bits per heavy atom. The van der Waals surface area contributed by atoms with E-state index in [9.17, 15) is 0 Å². The third-order valence-electron chi connectivity index (χ3n) is 3.83. The van der Waals surface area contributed by atoms with Gasteiger partial charge in [0.05, 0.1) is 10.9 Å². The van der Waals surface area contributed by atoms with Crippen LogP contribution >= 0.6 is 11.3 Å². The molecular formula is C13H18N4OS. The van der Waals surface area contributed by atoms with Crippen LogP contribution in [-0.2, 0) is 5.41 Å². The van der Waals surface area contributed by atoms with Crippen molar-refractivity contribution >= 4 is 11.3 Å². The van der Waals surface area contributed by atoms with Crippen LogP contribution in [0.25, 0.3) is 11.5 Å². The first kappa shape index (κ1) is 12.7. The standard InChI is InChI=1S/C13H18N4OS/c1-2-3-13(4-6-14-7-5-13)12-16-11(17-18-12)10-8-19-9-15-10/h8-9,14H,2-7H2,1H3. The summed E-state index contributed by atoms with van der Waals surface area (Å²) in [6.07, 6.45) is 4.38. The number of rotatable bonds is 4. The third kappa shape index (κ3) is 2.42. The van der Waals surface area contributed by atoms with Crippen LogP contribution in [0.2, 0.25) is 0 Å². The van der Waals surface area contributed by atoms with Crippen LogP contribution in [0.4, 0.5) is 0 Å². The van der Waals surface area contributed by atoms with Gasteiger partial charge in [-0.15, -0.1) is 11.3 Å². The maximum Gasteiger partial charge on any atom is 0.233 e. The van der Waals surface area contributed by atoms with Gasteiger partial charge in [-0.05, 0) is 32.4 Å². The quantitative estimate of drug-likeness (QED) is 0.931. The summed E-state index contributed by atoms with van der Waals surface area (Å²) in [5.74, 6) is 1.41. The Bertz CT molecular complexity index is 511. The van der Waals surface area contributed by atoms with Crippen molar-refractivity contribution in [2.24, 2.45) is 0 Å². The van der Waals surface area contributed by atoms with Crippen molar-refractivity contribution in [3.05, 3.63) is 16.8 Å². The van der Waals surface area contributed by atoms with E-state index in [0.29, 0.717) is 5.82 Å². The molecule has 0 saturated carbocycles. The van der Waals surface area contributed by atoms with Gasteiger partial charge >= 0.3 is 0 Å². The van der Waals surface area contributed by atoms with Gasteiger partial charge in [0.15, 0.2) is 0 Å². The van der Waals surface area contributed by atoms with Gasteiger partial charge in [-0.3, -0.25) is 0 Å². The summed E-state index contributed by atoms with van der Waals surface area (Å²) in [6, 6.07) is 0. The van der Waals surface area contributed by atoms with Gasteiger partial charge in [-0.25, -0.2) is 4.98 Å². The van der Waals surface area contributed by atoms with E-state index >= 15 is 0 Å². The van der Waals surface area contributed by atoms with Gasteiger partial charge in [0.1, 0.15) is 5.69 Å². The molecule has 5 nitrogen and oxygen atoms in total. The normalized spacial score (nSPS) is 18.6. The maximum atomic E-state index is 5.56. The monoisotopic (exact) mass is 278 g/mol. The summed E-state index contributed by atoms with van der Waals surface area (Å²) in [4.78, 5) is 8.84. The summed E-state index contributed by atoms with van der Waals surface area (Å²) in [7, 11) is 0. The number of thiazole rings is 1. The highest BCUT2D eigenvalue weighted by molar-refractivity contribution is 7.07. The Hall–Kier alpha value is -1.27. The molecule has 2 aromatic rings. The summed E-state index contributed by atoms with van der Waals surface area (Å²) < 4.78 is 5.56. The number of aromatic nitrogens is 3. The zero-order valence-electron chi connectivity index (χ0n) is 11.1. The zero-order chi connectivity index (χ0) is 13.1. The lowest BCUT2D eigenvalue weighted by Gasteiger charge is -2.34. The van der Waals surface area contributed by atoms with Gasteiger partial charge < -0.3 is 9.84 Å². The summed E-state index contributed by atoms with van der Waals surface area (Å²) in [6.45, 7) is 4.25. The average molecular weight is 278 g/mol. The predicted octanol–water partition coefficient (Wildman–Crippen LogP) is 2.61. The van der Waals surface area contributed by atoms with Crippen molar-refractivity contribution < 1.29 is 4.52 Å². The second-order valence-corrected chi connectivity index (χ2v) is 5.80. The van der Waals surface area contributed by atoms with Crippen LogP contribution < -0.4 is 5.32 Å². The number of hydrogen-bond acceptors (Lipinski definition) is 6. The fourth-order valence-electron chi connectivity index (χ4n) is 2.82. The van der Waals surface area contributed by atoms with E-state index in [0.717, 1.165) is 50.4 Å². The van der Waals surface area contributed by atoms with E-state index in [2.05, 4.69) is 27.4 Å². The first-order valence-corrected chi connectivity index (χ1v) is 7.72. The summed E-state index contributed by atoms with van der Waals surface area (Å²) in [5, 5.41) is 9.45. The maximum absolute atomic E-state index is 5.56. The molecule has 1 N–H and O–H groups in total. The predicted molar refractivity (Wildman–Crippen MR) is 74.1 cm³/mol. The first-order chi connectivity index (χ1) is 9.34. The van der Waals surface area contributed by atoms with Gasteiger partial charge in [0, 0.05) is 5.38 Å². The van der Waals surface area contributed by atoms with E-state index in [1.165, 1.54) is 0 Å². The highest BCUT2D eigenvalue weighted by atomic mass is 32.1. The molecule has 0 atom stereocenters. The smallest absolute Gasteiger partial charge is 0.233 e. The topological polar surface area (TPSA) is 63.8 Å². The van der Waals surface area contributed by atoms with Gasteiger partial charge in [-0.2, -0.15) is 4.98 Å². The number of nitrogens with zero attached hydrogens (tertiary/aromatic N) is 3. The molecule has 0 amide bonds. The Balaban J connectivity index is 1.90. The molecule has 6 heteroatoms. The molecule has 0 spiro atoms. The lowest BCUT2D eigenvalue weighted by Crippen LogP contribution is -2.40. The Kier molecular flexibility index (Phi) is 3.61. The molecule has 0 aromatic carbocycles. The van der Waals surface area contributed by atoms with Crippen LogP contribution in [0.5, 0.6) is 0 Å².